The van der Waals surface area contributed by atoms with E-state index < -0.39 is 17.4 Å². The van der Waals surface area contributed by atoms with Crippen LogP contribution in [0.5, 0.6) is 0 Å². The number of hydrogen-bond acceptors (Lipinski definition) is 3. The molecular weight excluding hydrogens is 204 g/mol. The van der Waals surface area contributed by atoms with Gasteiger partial charge >= 0.3 is 0 Å². The highest BCUT2D eigenvalue weighted by Gasteiger charge is 2.33. The van der Waals surface area contributed by atoms with E-state index in [0.717, 1.165) is 12.1 Å². The molecule has 3 nitrogen and oxygen atoms in total. The number of rotatable bonds is 4. The predicted molar refractivity (Wildman–Crippen MR) is 51.1 cm³/mol. The van der Waals surface area contributed by atoms with Crippen LogP contribution >= 0.6 is 0 Å². The van der Waals surface area contributed by atoms with Crippen molar-refractivity contribution in [3.8, 4) is 0 Å². The van der Waals surface area contributed by atoms with Crippen molar-refractivity contribution in [2.75, 3.05) is 20.8 Å². The van der Waals surface area contributed by atoms with Gasteiger partial charge in [0.15, 0.2) is 0 Å². The predicted octanol–water partition coefficient (Wildman–Crippen LogP) is 1.37. The monoisotopic (exact) mass is 217 g/mol. The molecule has 0 saturated carbocycles. The normalized spacial score (nSPS) is 11.8. The minimum Gasteiger partial charge on any atom is -0.348 e. The summed E-state index contributed by atoms with van der Waals surface area (Å²) in [5.41, 5.74) is 5.54. The van der Waals surface area contributed by atoms with E-state index in [1.54, 1.807) is 0 Å². The van der Waals surface area contributed by atoms with Crippen LogP contribution in [-0.4, -0.2) is 20.8 Å². The lowest BCUT2D eigenvalue weighted by atomic mass is 10.0. The van der Waals surface area contributed by atoms with Crippen LogP contribution in [0, 0.1) is 11.6 Å². The quantitative estimate of drug-likeness (QED) is 0.775. The number of ether oxygens (including phenoxy) is 2. The Morgan fingerprint density at radius 1 is 1.27 bits per heavy atom. The van der Waals surface area contributed by atoms with Crippen LogP contribution in [0.25, 0.3) is 0 Å². The molecule has 0 saturated heterocycles. The molecule has 0 aliphatic heterocycles. The van der Waals surface area contributed by atoms with Gasteiger partial charge in [0.25, 0.3) is 0 Å². The van der Waals surface area contributed by atoms with Crippen LogP contribution < -0.4 is 5.73 Å². The fourth-order valence-electron chi connectivity index (χ4n) is 1.38. The molecule has 15 heavy (non-hydrogen) atoms. The van der Waals surface area contributed by atoms with Gasteiger partial charge in [0.2, 0.25) is 5.79 Å². The van der Waals surface area contributed by atoms with Crippen molar-refractivity contribution in [2.45, 2.75) is 5.79 Å². The summed E-state index contributed by atoms with van der Waals surface area (Å²) >= 11 is 0. The third kappa shape index (κ3) is 2.14. The van der Waals surface area contributed by atoms with Crippen molar-refractivity contribution in [2.24, 2.45) is 5.73 Å². The van der Waals surface area contributed by atoms with Gasteiger partial charge in [0, 0.05) is 25.8 Å². The molecule has 0 aromatic heterocycles. The van der Waals surface area contributed by atoms with Crippen LogP contribution in [0.3, 0.4) is 0 Å². The fraction of sp³-hybridized carbons (Fsp3) is 0.400. The standard InChI is InChI=1S/C10H13F2NO2/c1-14-10(6-13,15-2)8-4-3-7(11)5-9(8)12/h3-5H,6,13H2,1-2H3. The summed E-state index contributed by atoms with van der Waals surface area (Å²) in [7, 11) is 2.69. The Bertz CT molecular complexity index is 332. The summed E-state index contributed by atoms with van der Waals surface area (Å²) in [5.74, 6) is -2.77. The van der Waals surface area contributed by atoms with Crippen molar-refractivity contribution >= 4 is 0 Å². The average Bonchev–Trinajstić information content (AvgIpc) is 2.23. The zero-order chi connectivity index (χ0) is 11.5. The molecule has 1 aromatic rings. The van der Waals surface area contributed by atoms with E-state index in [4.69, 9.17) is 15.2 Å². The van der Waals surface area contributed by atoms with Gasteiger partial charge in [0.05, 0.1) is 6.54 Å². The van der Waals surface area contributed by atoms with Gasteiger partial charge in [-0.2, -0.15) is 0 Å². The Morgan fingerprint density at radius 3 is 2.27 bits per heavy atom. The highest BCUT2D eigenvalue weighted by molar-refractivity contribution is 5.23. The first-order chi connectivity index (χ1) is 7.09. The van der Waals surface area contributed by atoms with E-state index in [1.807, 2.05) is 0 Å². The molecule has 0 fully saturated rings. The molecule has 0 unspecified atom stereocenters. The van der Waals surface area contributed by atoms with E-state index in [2.05, 4.69) is 0 Å². The van der Waals surface area contributed by atoms with Crippen LogP contribution in [0.4, 0.5) is 8.78 Å². The Kier molecular flexibility index (Phi) is 3.73. The Hall–Kier alpha value is -1.04. The van der Waals surface area contributed by atoms with Crippen LogP contribution in [0.1, 0.15) is 5.56 Å². The number of nitrogens with two attached hydrogens (primary N) is 1. The molecule has 0 aliphatic carbocycles. The largest absolute Gasteiger partial charge is 0.348 e. The summed E-state index contributed by atoms with van der Waals surface area (Å²) in [5, 5.41) is 0. The first kappa shape index (κ1) is 12.0. The minimum atomic E-state index is -1.36. The molecule has 0 radical (unpaired) electrons. The molecule has 0 atom stereocenters. The highest BCUT2D eigenvalue weighted by atomic mass is 19.1. The topological polar surface area (TPSA) is 44.5 Å². The molecule has 0 amide bonds. The first-order valence-electron chi connectivity index (χ1n) is 4.35. The summed E-state index contributed by atoms with van der Waals surface area (Å²) in [4.78, 5) is 0. The van der Waals surface area contributed by atoms with Gasteiger partial charge in [-0.15, -0.1) is 0 Å². The maximum Gasteiger partial charge on any atom is 0.209 e. The second-order valence-electron chi connectivity index (χ2n) is 2.99. The van der Waals surface area contributed by atoms with Crippen LogP contribution in [0.2, 0.25) is 0 Å². The zero-order valence-electron chi connectivity index (χ0n) is 8.59. The van der Waals surface area contributed by atoms with Gasteiger partial charge in [-0.05, 0) is 12.1 Å². The Labute approximate surface area is 86.8 Å². The van der Waals surface area contributed by atoms with Gasteiger partial charge < -0.3 is 15.2 Å². The fourth-order valence-corrected chi connectivity index (χ4v) is 1.38. The van der Waals surface area contributed by atoms with Crippen LogP contribution in [0.15, 0.2) is 18.2 Å². The maximum atomic E-state index is 13.5. The summed E-state index contributed by atoms with van der Waals surface area (Å²) in [6.45, 7) is -0.0669. The number of methoxy groups -OCH3 is 2. The number of halogens is 2. The van der Waals surface area contributed by atoms with E-state index in [1.165, 1.54) is 20.3 Å². The molecule has 2 N–H and O–H groups in total. The molecule has 5 heteroatoms. The molecule has 0 aliphatic rings. The number of benzene rings is 1. The summed E-state index contributed by atoms with van der Waals surface area (Å²) in [6, 6.07) is 3.14. The average molecular weight is 217 g/mol. The second-order valence-corrected chi connectivity index (χ2v) is 2.99. The third-order valence-electron chi connectivity index (χ3n) is 2.27. The van der Waals surface area contributed by atoms with Gasteiger partial charge in [-0.25, -0.2) is 8.78 Å². The molecule has 0 heterocycles. The molecule has 1 aromatic carbocycles. The van der Waals surface area contributed by atoms with Gasteiger partial charge in [-0.3, -0.25) is 0 Å². The summed E-state index contributed by atoms with van der Waals surface area (Å²) < 4.78 is 36.2. The lowest BCUT2D eigenvalue weighted by Crippen LogP contribution is -2.39. The van der Waals surface area contributed by atoms with Crippen molar-refractivity contribution in [3.63, 3.8) is 0 Å². The van der Waals surface area contributed by atoms with E-state index in [9.17, 15) is 8.78 Å². The smallest absolute Gasteiger partial charge is 0.209 e. The van der Waals surface area contributed by atoms with E-state index in [-0.39, 0.29) is 12.1 Å². The Morgan fingerprint density at radius 2 is 1.87 bits per heavy atom. The van der Waals surface area contributed by atoms with E-state index >= 15 is 0 Å². The lowest BCUT2D eigenvalue weighted by molar-refractivity contribution is -0.209. The summed E-state index contributed by atoms with van der Waals surface area (Å²) in [6.07, 6.45) is 0. The Balaban J connectivity index is 3.22. The van der Waals surface area contributed by atoms with Crippen molar-refractivity contribution in [3.05, 3.63) is 35.4 Å². The molecule has 1 rings (SSSR count). The zero-order valence-corrected chi connectivity index (χ0v) is 8.59. The van der Waals surface area contributed by atoms with E-state index in [0.29, 0.717) is 0 Å². The van der Waals surface area contributed by atoms with Crippen molar-refractivity contribution in [1.29, 1.82) is 0 Å². The minimum absolute atomic E-state index is 0.0669. The molecule has 0 bridgehead atoms. The molecule has 0 spiro atoms. The first-order valence-corrected chi connectivity index (χ1v) is 4.35. The SMILES string of the molecule is COC(CN)(OC)c1ccc(F)cc1F. The third-order valence-corrected chi connectivity index (χ3v) is 2.27. The number of hydrogen-bond donors (Lipinski definition) is 1. The van der Waals surface area contributed by atoms with Crippen molar-refractivity contribution in [1.82, 2.24) is 0 Å². The molecule has 84 valence electrons. The maximum absolute atomic E-state index is 13.5. The highest BCUT2D eigenvalue weighted by Crippen LogP contribution is 2.27. The van der Waals surface area contributed by atoms with Crippen molar-refractivity contribution < 1.29 is 18.3 Å². The van der Waals surface area contributed by atoms with Gasteiger partial charge in [0.1, 0.15) is 11.6 Å². The lowest BCUT2D eigenvalue weighted by Gasteiger charge is -2.29. The van der Waals surface area contributed by atoms with Gasteiger partial charge in [-0.1, -0.05) is 0 Å². The molecular formula is C10H13F2NO2. The van der Waals surface area contributed by atoms with Crippen LogP contribution in [-0.2, 0) is 15.3 Å². The second kappa shape index (κ2) is 4.65.